The van der Waals surface area contributed by atoms with Crippen LogP contribution in [0.25, 0.3) is 0 Å². The summed E-state index contributed by atoms with van der Waals surface area (Å²) in [6, 6.07) is 10.2. The average molecular weight is 230 g/mol. The van der Waals surface area contributed by atoms with Gasteiger partial charge in [0.05, 0.1) is 13.2 Å². The molecular weight excluding hydrogens is 212 g/mol. The maximum Gasteiger partial charge on any atom is 0.113 e. The van der Waals surface area contributed by atoms with E-state index in [1.165, 1.54) is 5.56 Å². The van der Waals surface area contributed by atoms with Crippen molar-refractivity contribution in [2.75, 3.05) is 13.7 Å². The van der Waals surface area contributed by atoms with Gasteiger partial charge in [-0.15, -0.1) is 0 Å². The normalized spacial score (nSPS) is 22.9. The van der Waals surface area contributed by atoms with Gasteiger partial charge in [0.2, 0.25) is 0 Å². The van der Waals surface area contributed by atoms with E-state index in [1.54, 1.807) is 7.11 Å². The summed E-state index contributed by atoms with van der Waals surface area (Å²) >= 11 is 0. The van der Waals surface area contributed by atoms with Crippen LogP contribution in [0.5, 0.6) is 0 Å². The Morgan fingerprint density at radius 3 is 2.65 bits per heavy atom. The zero-order valence-corrected chi connectivity index (χ0v) is 10.1. The predicted octanol–water partition coefficient (Wildman–Crippen LogP) is 3.10. The standard InChI is InChI=1S/C15H18O2/c1-16-15(10-6-3-7-11-15)13-17-12-14-8-4-2-5-9-14/h2-10H,11-13H2,1H3. The molecule has 0 radical (unpaired) electrons. The molecule has 1 aromatic carbocycles. The molecule has 0 saturated carbocycles. The minimum absolute atomic E-state index is 0.288. The quantitative estimate of drug-likeness (QED) is 0.773. The Balaban J connectivity index is 1.85. The lowest BCUT2D eigenvalue weighted by Crippen LogP contribution is -2.35. The Kier molecular flexibility index (Phi) is 4.13. The number of ether oxygens (including phenoxy) is 2. The molecule has 0 bridgehead atoms. The Morgan fingerprint density at radius 1 is 1.18 bits per heavy atom. The van der Waals surface area contributed by atoms with Crippen LogP contribution in [0.3, 0.4) is 0 Å². The lowest BCUT2D eigenvalue weighted by Gasteiger charge is -2.29. The molecule has 17 heavy (non-hydrogen) atoms. The SMILES string of the molecule is COC1(COCc2ccccc2)C=CC=CC1. The Morgan fingerprint density at radius 2 is 2.00 bits per heavy atom. The van der Waals surface area contributed by atoms with Gasteiger partial charge in [-0.25, -0.2) is 0 Å². The van der Waals surface area contributed by atoms with Gasteiger partial charge in [0.15, 0.2) is 0 Å². The number of rotatable bonds is 5. The van der Waals surface area contributed by atoms with Crippen molar-refractivity contribution in [3.63, 3.8) is 0 Å². The molecule has 90 valence electrons. The minimum atomic E-state index is -0.288. The summed E-state index contributed by atoms with van der Waals surface area (Å²) in [5.41, 5.74) is 0.901. The third-order valence-electron chi connectivity index (χ3n) is 2.97. The van der Waals surface area contributed by atoms with Crippen molar-refractivity contribution < 1.29 is 9.47 Å². The highest BCUT2D eigenvalue weighted by molar-refractivity contribution is 5.19. The second-order valence-corrected chi connectivity index (χ2v) is 4.24. The van der Waals surface area contributed by atoms with Gasteiger partial charge in [0, 0.05) is 13.5 Å². The van der Waals surface area contributed by atoms with Gasteiger partial charge >= 0.3 is 0 Å². The largest absolute Gasteiger partial charge is 0.373 e. The number of hydrogen-bond acceptors (Lipinski definition) is 2. The zero-order valence-electron chi connectivity index (χ0n) is 10.1. The second kappa shape index (κ2) is 5.80. The van der Waals surface area contributed by atoms with E-state index in [1.807, 2.05) is 30.4 Å². The number of benzene rings is 1. The van der Waals surface area contributed by atoms with Crippen LogP contribution in [-0.2, 0) is 16.1 Å². The molecule has 0 saturated heterocycles. The van der Waals surface area contributed by atoms with Gasteiger partial charge in [-0.3, -0.25) is 0 Å². The summed E-state index contributed by atoms with van der Waals surface area (Å²) in [5, 5.41) is 0. The lowest BCUT2D eigenvalue weighted by molar-refractivity contribution is -0.0468. The summed E-state index contributed by atoms with van der Waals surface area (Å²) in [4.78, 5) is 0. The maximum absolute atomic E-state index is 5.74. The molecule has 2 rings (SSSR count). The van der Waals surface area contributed by atoms with Crippen LogP contribution >= 0.6 is 0 Å². The van der Waals surface area contributed by atoms with Crippen molar-refractivity contribution in [1.29, 1.82) is 0 Å². The lowest BCUT2D eigenvalue weighted by atomic mass is 9.96. The summed E-state index contributed by atoms with van der Waals surface area (Å²) in [7, 11) is 1.73. The number of allylic oxidation sites excluding steroid dienone is 2. The van der Waals surface area contributed by atoms with E-state index in [2.05, 4.69) is 24.3 Å². The highest BCUT2D eigenvalue weighted by Gasteiger charge is 2.26. The highest BCUT2D eigenvalue weighted by Crippen LogP contribution is 2.22. The first kappa shape index (κ1) is 12.1. The first-order valence-electron chi connectivity index (χ1n) is 5.86. The van der Waals surface area contributed by atoms with Crippen molar-refractivity contribution in [3.05, 3.63) is 60.2 Å². The van der Waals surface area contributed by atoms with E-state index >= 15 is 0 Å². The smallest absolute Gasteiger partial charge is 0.113 e. The molecule has 0 spiro atoms. The Bertz CT molecular complexity index is 395. The molecule has 0 fully saturated rings. The van der Waals surface area contributed by atoms with E-state index in [0.717, 1.165) is 6.42 Å². The van der Waals surface area contributed by atoms with Gasteiger partial charge < -0.3 is 9.47 Å². The van der Waals surface area contributed by atoms with Gasteiger partial charge in [-0.1, -0.05) is 54.6 Å². The first-order valence-corrected chi connectivity index (χ1v) is 5.86. The van der Waals surface area contributed by atoms with Crippen LogP contribution < -0.4 is 0 Å². The van der Waals surface area contributed by atoms with Crippen LogP contribution in [0, 0.1) is 0 Å². The molecule has 2 nitrogen and oxygen atoms in total. The third kappa shape index (κ3) is 3.29. The summed E-state index contributed by atoms with van der Waals surface area (Å²) in [6.07, 6.45) is 9.09. The Hall–Kier alpha value is -1.38. The number of hydrogen-bond donors (Lipinski definition) is 0. The molecule has 2 heteroatoms. The first-order chi connectivity index (χ1) is 8.35. The molecule has 0 N–H and O–H groups in total. The van der Waals surface area contributed by atoms with E-state index in [9.17, 15) is 0 Å². The molecule has 1 aliphatic carbocycles. The van der Waals surface area contributed by atoms with Crippen LogP contribution in [0.15, 0.2) is 54.6 Å². The van der Waals surface area contributed by atoms with Gasteiger partial charge in [-0.05, 0) is 5.56 Å². The van der Waals surface area contributed by atoms with Crippen molar-refractivity contribution in [1.82, 2.24) is 0 Å². The maximum atomic E-state index is 5.74. The molecule has 0 heterocycles. The van der Waals surface area contributed by atoms with Crippen molar-refractivity contribution >= 4 is 0 Å². The van der Waals surface area contributed by atoms with Crippen molar-refractivity contribution in [2.45, 2.75) is 18.6 Å². The number of methoxy groups -OCH3 is 1. The summed E-state index contributed by atoms with van der Waals surface area (Å²) in [5.74, 6) is 0. The fourth-order valence-electron chi connectivity index (χ4n) is 1.88. The highest BCUT2D eigenvalue weighted by atomic mass is 16.5. The van der Waals surface area contributed by atoms with Crippen LogP contribution in [-0.4, -0.2) is 19.3 Å². The van der Waals surface area contributed by atoms with E-state index in [4.69, 9.17) is 9.47 Å². The van der Waals surface area contributed by atoms with E-state index in [-0.39, 0.29) is 5.60 Å². The second-order valence-electron chi connectivity index (χ2n) is 4.24. The van der Waals surface area contributed by atoms with Crippen LogP contribution in [0.4, 0.5) is 0 Å². The van der Waals surface area contributed by atoms with Crippen LogP contribution in [0.2, 0.25) is 0 Å². The monoisotopic (exact) mass is 230 g/mol. The van der Waals surface area contributed by atoms with Crippen LogP contribution in [0.1, 0.15) is 12.0 Å². The molecule has 1 aromatic rings. The molecule has 0 aliphatic heterocycles. The Labute approximate surface area is 103 Å². The zero-order chi connectivity index (χ0) is 12.0. The predicted molar refractivity (Wildman–Crippen MR) is 68.7 cm³/mol. The fraction of sp³-hybridized carbons (Fsp3) is 0.333. The van der Waals surface area contributed by atoms with E-state index < -0.39 is 0 Å². The topological polar surface area (TPSA) is 18.5 Å². The van der Waals surface area contributed by atoms with Gasteiger partial charge in [-0.2, -0.15) is 0 Å². The van der Waals surface area contributed by atoms with Crippen molar-refractivity contribution in [2.24, 2.45) is 0 Å². The summed E-state index contributed by atoms with van der Waals surface area (Å²) < 4.78 is 11.3. The molecule has 0 amide bonds. The minimum Gasteiger partial charge on any atom is -0.373 e. The molecular formula is C15H18O2. The molecule has 1 aliphatic rings. The van der Waals surface area contributed by atoms with E-state index in [0.29, 0.717) is 13.2 Å². The molecule has 1 unspecified atom stereocenters. The fourth-order valence-corrected chi connectivity index (χ4v) is 1.88. The summed E-state index contributed by atoms with van der Waals surface area (Å²) in [6.45, 7) is 1.21. The molecule has 0 aromatic heterocycles. The molecule has 1 atom stereocenters. The average Bonchev–Trinajstić information content (AvgIpc) is 2.41. The third-order valence-corrected chi connectivity index (χ3v) is 2.97. The van der Waals surface area contributed by atoms with Crippen molar-refractivity contribution in [3.8, 4) is 0 Å². The van der Waals surface area contributed by atoms with Gasteiger partial charge in [0.1, 0.15) is 5.60 Å². The van der Waals surface area contributed by atoms with Gasteiger partial charge in [0.25, 0.3) is 0 Å².